The Labute approximate surface area is 133 Å². The van der Waals surface area contributed by atoms with Crippen LogP contribution in [-0.2, 0) is 4.79 Å². The number of rotatable bonds is 3. The van der Waals surface area contributed by atoms with Gasteiger partial charge in [-0.15, -0.1) is 0 Å². The van der Waals surface area contributed by atoms with Gasteiger partial charge in [0.25, 0.3) is 0 Å². The van der Waals surface area contributed by atoms with E-state index in [9.17, 15) is 9.90 Å². The third kappa shape index (κ3) is 3.19. The molecular formula is C19H27NO2. The molecule has 1 aliphatic heterocycles. The van der Waals surface area contributed by atoms with Crippen LogP contribution in [0.1, 0.15) is 67.7 Å². The number of amides is 1. The lowest BCUT2D eigenvalue weighted by Gasteiger charge is -2.29. The van der Waals surface area contributed by atoms with Gasteiger partial charge in [0.2, 0.25) is 5.91 Å². The van der Waals surface area contributed by atoms with Gasteiger partial charge in [0, 0.05) is 6.54 Å². The van der Waals surface area contributed by atoms with Gasteiger partial charge in [-0.05, 0) is 45.1 Å². The van der Waals surface area contributed by atoms with Crippen molar-refractivity contribution >= 4 is 5.91 Å². The number of carbonyl (C=O) groups excluding carboxylic acids is 1. The van der Waals surface area contributed by atoms with Crippen LogP contribution in [-0.4, -0.2) is 28.1 Å². The van der Waals surface area contributed by atoms with Crippen LogP contribution in [0.2, 0.25) is 0 Å². The van der Waals surface area contributed by atoms with Crippen LogP contribution >= 0.6 is 0 Å². The number of nitrogens with zero attached hydrogens (tertiary/aromatic N) is 1. The minimum atomic E-state index is -0.743. The molecule has 0 aromatic heterocycles. The first-order valence-electron chi connectivity index (χ1n) is 8.57. The fraction of sp³-hybridized carbons (Fsp3) is 0.632. The summed E-state index contributed by atoms with van der Waals surface area (Å²) in [6.45, 7) is 5.05. The summed E-state index contributed by atoms with van der Waals surface area (Å²) in [4.78, 5) is 14.7. The molecule has 2 aliphatic rings. The Bertz CT molecular complexity index is 540. The van der Waals surface area contributed by atoms with E-state index in [1.807, 2.05) is 4.90 Å². The third-order valence-electron chi connectivity index (χ3n) is 5.22. The molecule has 3 heteroatoms. The van der Waals surface area contributed by atoms with E-state index in [0.717, 1.165) is 45.1 Å². The lowest BCUT2D eigenvalue weighted by Crippen LogP contribution is -2.37. The average molecular weight is 301 g/mol. The van der Waals surface area contributed by atoms with Crippen molar-refractivity contribution < 1.29 is 9.90 Å². The van der Waals surface area contributed by atoms with E-state index >= 15 is 0 Å². The predicted molar refractivity (Wildman–Crippen MR) is 87.6 cm³/mol. The summed E-state index contributed by atoms with van der Waals surface area (Å²) in [5.41, 5.74) is 3.02. The van der Waals surface area contributed by atoms with E-state index in [0.29, 0.717) is 6.42 Å². The summed E-state index contributed by atoms with van der Waals surface area (Å²) in [5, 5.41) is 10.5. The van der Waals surface area contributed by atoms with E-state index in [1.165, 1.54) is 16.7 Å². The number of aliphatic hydroxyl groups is 1. The molecule has 1 saturated carbocycles. The zero-order valence-electron chi connectivity index (χ0n) is 13.8. The first-order chi connectivity index (χ1) is 10.5. The van der Waals surface area contributed by atoms with Crippen molar-refractivity contribution in [3.8, 4) is 0 Å². The lowest BCUT2D eigenvalue weighted by molar-refractivity contribution is -0.137. The molecular weight excluding hydrogens is 274 g/mol. The minimum Gasteiger partial charge on any atom is -0.389 e. The zero-order chi connectivity index (χ0) is 15.7. The topological polar surface area (TPSA) is 40.5 Å². The van der Waals surface area contributed by atoms with Gasteiger partial charge in [0.1, 0.15) is 0 Å². The summed E-state index contributed by atoms with van der Waals surface area (Å²) in [7, 11) is 0. The van der Waals surface area contributed by atoms with Crippen LogP contribution in [0.4, 0.5) is 0 Å². The highest BCUT2D eigenvalue weighted by Crippen LogP contribution is 2.37. The first-order valence-corrected chi connectivity index (χ1v) is 8.57. The van der Waals surface area contributed by atoms with Gasteiger partial charge >= 0.3 is 0 Å². The molecule has 0 spiro atoms. The number of benzene rings is 1. The Balaban J connectivity index is 1.76. The van der Waals surface area contributed by atoms with E-state index in [2.05, 4.69) is 32.0 Å². The molecule has 1 aromatic carbocycles. The molecule has 1 N–H and O–H groups in total. The van der Waals surface area contributed by atoms with Crippen molar-refractivity contribution in [3.05, 3.63) is 34.9 Å². The second kappa shape index (κ2) is 6.04. The molecule has 1 aliphatic carbocycles. The number of aryl methyl sites for hydroxylation is 2. The predicted octanol–water partition coefficient (Wildman–Crippen LogP) is 3.66. The monoisotopic (exact) mass is 301 g/mol. The molecule has 3 rings (SSSR count). The molecule has 1 heterocycles. The molecule has 1 unspecified atom stereocenters. The Morgan fingerprint density at radius 3 is 2.45 bits per heavy atom. The molecule has 22 heavy (non-hydrogen) atoms. The molecule has 2 fully saturated rings. The van der Waals surface area contributed by atoms with Gasteiger partial charge in [0.05, 0.1) is 18.1 Å². The molecule has 3 nitrogen and oxygen atoms in total. The van der Waals surface area contributed by atoms with E-state index in [1.54, 1.807) is 0 Å². The summed E-state index contributed by atoms with van der Waals surface area (Å²) in [5.74, 6) is 0.131. The molecule has 1 aromatic rings. The standard InChI is InChI=1S/C19H27NO2/c1-14-10-15(2)12-16(11-14)17-6-5-9-20(17)18(21)13-19(22)7-3-4-8-19/h10-12,17,22H,3-9,13H2,1-2H3. The normalized spacial score (nSPS) is 24.0. The lowest BCUT2D eigenvalue weighted by atomic mass is 9.96. The van der Waals surface area contributed by atoms with Crippen molar-refractivity contribution in [2.75, 3.05) is 6.54 Å². The summed E-state index contributed by atoms with van der Waals surface area (Å²) in [6.07, 6.45) is 6.04. The van der Waals surface area contributed by atoms with Gasteiger partial charge in [-0.2, -0.15) is 0 Å². The van der Waals surface area contributed by atoms with Gasteiger partial charge in [0.15, 0.2) is 0 Å². The van der Waals surface area contributed by atoms with E-state index < -0.39 is 5.60 Å². The van der Waals surface area contributed by atoms with Gasteiger partial charge in [-0.25, -0.2) is 0 Å². The maximum Gasteiger partial charge on any atom is 0.225 e. The van der Waals surface area contributed by atoms with Crippen molar-refractivity contribution in [2.45, 2.75) is 70.4 Å². The van der Waals surface area contributed by atoms with Crippen molar-refractivity contribution in [2.24, 2.45) is 0 Å². The summed E-state index contributed by atoms with van der Waals surface area (Å²) >= 11 is 0. The highest BCUT2D eigenvalue weighted by molar-refractivity contribution is 5.78. The average Bonchev–Trinajstić information content (AvgIpc) is 3.06. The largest absolute Gasteiger partial charge is 0.389 e. The first kappa shape index (κ1) is 15.5. The Morgan fingerprint density at radius 1 is 1.18 bits per heavy atom. The van der Waals surface area contributed by atoms with Crippen LogP contribution in [0.5, 0.6) is 0 Å². The number of carbonyl (C=O) groups is 1. The molecule has 1 atom stereocenters. The number of hydrogen-bond donors (Lipinski definition) is 1. The van der Waals surface area contributed by atoms with Crippen molar-refractivity contribution in [1.29, 1.82) is 0 Å². The van der Waals surface area contributed by atoms with Gasteiger partial charge in [-0.1, -0.05) is 42.2 Å². The Kier molecular flexibility index (Phi) is 4.26. The highest BCUT2D eigenvalue weighted by atomic mass is 16.3. The van der Waals surface area contributed by atoms with Crippen LogP contribution < -0.4 is 0 Å². The highest BCUT2D eigenvalue weighted by Gasteiger charge is 2.38. The number of hydrogen-bond acceptors (Lipinski definition) is 2. The van der Waals surface area contributed by atoms with E-state index in [4.69, 9.17) is 0 Å². The fourth-order valence-electron chi connectivity index (χ4n) is 4.21. The molecule has 0 radical (unpaired) electrons. The van der Waals surface area contributed by atoms with Gasteiger partial charge < -0.3 is 10.0 Å². The third-order valence-corrected chi connectivity index (χ3v) is 5.22. The second-order valence-electron chi connectivity index (χ2n) is 7.27. The second-order valence-corrected chi connectivity index (χ2v) is 7.27. The van der Waals surface area contributed by atoms with Crippen LogP contribution in [0, 0.1) is 13.8 Å². The van der Waals surface area contributed by atoms with Crippen LogP contribution in [0.25, 0.3) is 0 Å². The smallest absolute Gasteiger partial charge is 0.225 e. The van der Waals surface area contributed by atoms with Crippen molar-refractivity contribution in [3.63, 3.8) is 0 Å². The maximum absolute atomic E-state index is 12.7. The van der Waals surface area contributed by atoms with Crippen LogP contribution in [0.3, 0.4) is 0 Å². The molecule has 1 saturated heterocycles. The SMILES string of the molecule is Cc1cc(C)cc(C2CCCN2C(=O)CC2(O)CCCC2)c1. The molecule has 120 valence electrons. The molecule has 0 bridgehead atoms. The minimum absolute atomic E-state index is 0.131. The Hall–Kier alpha value is -1.35. The summed E-state index contributed by atoms with van der Waals surface area (Å²) < 4.78 is 0. The summed E-state index contributed by atoms with van der Waals surface area (Å²) in [6, 6.07) is 6.77. The quantitative estimate of drug-likeness (QED) is 0.925. The fourth-order valence-corrected chi connectivity index (χ4v) is 4.21. The zero-order valence-corrected chi connectivity index (χ0v) is 13.8. The van der Waals surface area contributed by atoms with E-state index in [-0.39, 0.29) is 11.9 Å². The maximum atomic E-state index is 12.7. The molecule has 1 amide bonds. The van der Waals surface area contributed by atoms with Crippen LogP contribution in [0.15, 0.2) is 18.2 Å². The number of likely N-dealkylation sites (tertiary alicyclic amines) is 1. The van der Waals surface area contributed by atoms with Crippen molar-refractivity contribution in [1.82, 2.24) is 4.90 Å². The Morgan fingerprint density at radius 2 is 1.82 bits per heavy atom. The van der Waals surface area contributed by atoms with Gasteiger partial charge in [-0.3, -0.25) is 4.79 Å².